The molecule has 0 aromatic heterocycles. The van der Waals surface area contributed by atoms with Gasteiger partial charge >= 0.3 is 0 Å². The Labute approximate surface area is 88.1 Å². The molecular formula is C11H14FNO2. The second-order valence-corrected chi connectivity index (χ2v) is 3.76. The Kier molecular flexibility index (Phi) is 2.77. The fourth-order valence-corrected chi connectivity index (χ4v) is 1.76. The van der Waals surface area contributed by atoms with Gasteiger partial charge in [-0.1, -0.05) is 0 Å². The zero-order valence-corrected chi connectivity index (χ0v) is 8.61. The summed E-state index contributed by atoms with van der Waals surface area (Å²) in [6.45, 7) is 3.54. The standard InChI is InChI=1S/C11H14FNO2/c1-8(14)7-13-4-5-15-11-6-9(12)2-3-10(11)13/h2-3,6,8,14H,4-5,7H2,1H3. The first-order valence-corrected chi connectivity index (χ1v) is 5.02. The number of nitrogens with zero attached hydrogens (tertiary/aromatic N) is 1. The third-order valence-electron chi connectivity index (χ3n) is 2.37. The van der Waals surface area contributed by atoms with E-state index < -0.39 is 6.10 Å². The van der Waals surface area contributed by atoms with Crippen molar-refractivity contribution in [2.24, 2.45) is 0 Å². The van der Waals surface area contributed by atoms with Crippen molar-refractivity contribution in [3.05, 3.63) is 24.0 Å². The second kappa shape index (κ2) is 4.06. The largest absolute Gasteiger partial charge is 0.489 e. The number of hydrogen-bond donors (Lipinski definition) is 1. The van der Waals surface area contributed by atoms with E-state index in [1.807, 2.05) is 4.90 Å². The van der Waals surface area contributed by atoms with Crippen LogP contribution in [0, 0.1) is 5.82 Å². The van der Waals surface area contributed by atoms with Crippen LogP contribution in [0.15, 0.2) is 18.2 Å². The van der Waals surface area contributed by atoms with Gasteiger partial charge in [-0.2, -0.15) is 0 Å². The summed E-state index contributed by atoms with van der Waals surface area (Å²) in [4.78, 5) is 2.00. The Balaban J connectivity index is 2.26. The lowest BCUT2D eigenvalue weighted by molar-refractivity contribution is 0.194. The Hall–Kier alpha value is -1.29. The lowest BCUT2D eigenvalue weighted by Crippen LogP contribution is -2.37. The van der Waals surface area contributed by atoms with Crippen LogP contribution in [-0.4, -0.2) is 30.9 Å². The van der Waals surface area contributed by atoms with Crippen molar-refractivity contribution in [2.45, 2.75) is 13.0 Å². The molecule has 0 radical (unpaired) electrons. The van der Waals surface area contributed by atoms with E-state index >= 15 is 0 Å². The van der Waals surface area contributed by atoms with Gasteiger partial charge in [0.2, 0.25) is 0 Å². The normalized spacial score (nSPS) is 16.9. The molecule has 0 saturated carbocycles. The van der Waals surface area contributed by atoms with Gasteiger partial charge in [-0.15, -0.1) is 0 Å². The number of hydrogen-bond acceptors (Lipinski definition) is 3. The summed E-state index contributed by atoms with van der Waals surface area (Å²) in [6, 6.07) is 4.47. The molecule has 1 heterocycles. The van der Waals surface area contributed by atoms with E-state index in [0.29, 0.717) is 18.9 Å². The fraction of sp³-hybridized carbons (Fsp3) is 0.455. The molecule has 0 spiro atoms. The van der Waals surface area contributed by atoms with E-state index in [-0.39, 0.29) is 5.82 Å². The highest BCUT2D eigenvalue weighted by atomic mass is 19.1. The minimum Gasteiger partial charge on any atom is -0.489 e. The Morgan fingerprint density at radius 3 is 3.13 bits per heavy atom. The van der Waals surface area contributed by atoms with E-state index in [1.165, 1.54) is 12.1 Å². The Morgan fingerprint density at radius 2 is 2.40 bits per heavy atom. The maximum absolute atomic E-state index is 12.9. The SMILES string of the molecule is CC(O)CN1CCOc2cc(F)ccc21. The molecular weight excluding hydrogens is 197 g/mol. The van der Waals surface area contributed by atoms with Crippen molar-refractivity contribution in [1.29, 1.82) is 0 Å². The first kappa shape index (κ1) is 10.2. The molecule has 0 aliphatic carbocycles. The van der Waals surface area contributed by atoms with Crippen LogP contribution < -0.4 is 9.64 Å². The van der Waals surface area contributed by atoms with E-state index in [2.05, 4.69) is 0 Å². The second-order valence-electron chi connectivity index (χ2n) is 3.76. The van der Waals surface area contributed by atoms with Gasteiger partial charge in [-0.3, -0.25) is 0 Å². The predicted molar refractivity (Wildman–Crippen MR) is 55.8 cm³/mol. The van der Waals surface area contributed by atoms with Crippen molar-refractivity contribution in [3.8, 4) is 5.75 Å². The van der Waals surface area contributed by atoms with Gasteiger partial charge in [0.1, 0.15) is 18.2 Å². The molecule has 0 bridgehead atoms. The summed E-state index contributed by atoms with van der Waals surface area (Å²) >= 11 is 0. The fourth-order valence-electron chi connectivity index (χ4n) is 1.76. The number of benzene rings is 1. The maximum Gasteiger partial charge on any atom is 0.145 e. The molecule has 1 atom stereocenters. The highest BCUT2D eigenvalue weighted by Crippen LogP contribution is 2.31. The molecule has 4 heteroatoms. The summed E-state index contributed by atoms with van der Waals surface area (Å²) in [5, 5.41) is 9.33. The van der Waals surface area contributed by atoms with Crippen molar-refractivity contribution < 1.29 is 14.2 Å². The summed E-state index contributed by atoms with van der Waals surface area (Å²) in [5.41, 5.74) is 0.851. The summed E-state index contributed by atoms with van der Waals surface area (Å²) in [5.74, 6) is 0.259. The van der Waals surface area contributed by atoms with E-state index in [4.69, 9.17) is 4.74 Å². The Morgan fingerprint density at radius 1 is 1.60 bits per heavy atom. The van der Waals surface area contributed by atoms with Crippen molar-refractivity contribution in [3.63, 3.8) is 0 Å². The van der Waals surface area contributed by atoms with Crippen LogP contribution in [0.5, 0.6) is 5.75 Å². The van der Waals surface area contributed by atoms with Crippen LogP contribution in [0.3, 0.4) is 0 Å². The number of ether oxygens (including phenoxy) is 1. The molecule has 1 aliphatic rings. The van der Waals surface area contributed by atoms with Crippen molar-refractivity contribution in [1.82, 2.24) is 0 Å². The zero-order chi connectivity index (χ0) is 10.8. The van der Waals surface area contributed by atoms with Crippen molar-refractivity contribution >= 4 is 5.69 Å². The molecule has 1 aliphatic heterocycles. The number of halogens is 1. The quantitative estimate of drug-likeness (QED) is 0.802. The van der Waals surface area contributed by atoms with Crippen molar-refractivity contribution in [2.75, 3.05) is 24.6 Å². The van der Waals surface area contributed by atoms with Crippen LogP contribution >= 0.6 is 0 Å². The number of aliphatic hydroxyl groups is 1. The van der Waals surface area contributed by atoms with Crippen LogP contribution in [0.2, 0.25) is 0 Å². The van der Waals surface area contributed by atoms with E-state index in [1.54, 1.807) is 13.0 Å². The lowest BCUT2D eigenvalue weighted by Gasteiger charge is -2.32. The average Bonchev–Trinajstić information content (AvgIpc) is 2.16. The van der Waals surface area contributed by atoms with Gasteiger partial charge < -0.3 is 14.7 Å². The van der Waals surface area contributed by atoms with Crippen LogP contribution in [-0.2, 0) is 0 Å². The summed E-state index contributed by atoms with van der Waals surface area (Å²) < 4.78 is 18.3. The summed E-state index contributed by atoms with van der Waals surface area (Å²) in [7, 11) is 0. The van der Waals surface area contributed by atoms with E-state index in [0.717, 1.165) is 12.2 Å². The van der Waals surface area contributed by atoms with Gasteiger partial charge in [-0.05, 0) is 19.1 Å². The third-order valence-corrected chi connectivity index (χ3v) is 2.37. The van der Waals surface area contributed by atoms with Gasteiger partial charge in [0.15, 0.2) is 0 Å². The monoisotopic (exact) mass is 211 g/mol. The number of rotatable bonds is 2. The molecule has 0 amide bonds. The molecule has 3 nitrogen and oxygen atoms in total. The van der Waals surface area contributed by atoms with Crippen LogP contribution in [0.1, 0.15) is 6.92 Å². The van der Waals surface area contributed by atoms with Gasteiger partial charge in [0.05, 0.1) is 18.3 Å². The average molecular weight is 211 g/mol. The maximum atomic E-state index is 12.9. The van der Waals surface area contributed by atoms with Gasteiger partial charge in [-0.25, -0.2) is 4.39 Å². The molecule has 1 N–H and O–H groups in total. The minimum absolute atomic E-state index is 0.298. The first-order chi connectivity index (χ1) is 7.16. The molecule has 1 aromatic rings. The molecule has 2 rings (SSSR count). The molecule has 1 unspecified atom stereocenters. The minimum atomic E-state index is -0.402. The molecule has 0 fully saturated rings. The first-order valence-electron chi connectivity index (χ1n) is 5.02. The number of fused-ring (bicyclic) bond motifs is 1. The van der Waals surface area contributed by atoms with E-state index in [9.17, 15) is 9.50 Å². The van der Waals surface area contributed by atoms with Gasteiger partial charge in [0.25, 0.3) is 0 Å². The highest BCUT2D eigenvalue weighted by molar-refractivity contribution is 5.60. The smallest absolute Gasteiger partial charge is 0.145 e. The number of anilines is 1. The number of aliphatic hydroxyl groups excluding tert-OH is 1. The zero-order valence-electron chi connectivity index (χ0n) is 8.61. The molecule has 0 saturated heterocycles. The molecule has 1 aromatic carbocycles. The lowest BCUT2D eigenvalue weighted by atomic mass is 10.2. The van der Waals surface area contributed by atoms with Gasteiger partial charge in [0, 0.05) is 12.6 Å². The topological polar surface area (TPSA) is 32.7 Å². The number of β-amino-alcohol motifs (C(OH)–C–C–N with tert-alkyl or cyclic N) is 1. The highest BCUT2D eigenvalue weighted by Gasteiger charge is 2.19. The van der Waals surface area contributed by atoms with Crippen LogP contribution in [0.4, 0.5) is 10.1 Å². The molecule has 15 heavy (non-hydrogen) atoms. The predicted octanol–water partition coefficient (Wildman–Crippen LogP) is 1.41. The third kappa shape index (κ3) is 2.21. The van der Waals surface area contributed by atoms with Crippen LogP contribution in [0.25, 0.3) is 0 Å². The molecule has 82 valence electrons. The summed E-state index contributed by atoms with van der Waals surface area (Å²) in [6.07, 6.45) is -0.402. The Bertz CT molecular complexity index is 354.